The number of thiazole rings is 1. The highest BCUT2D eigenvalue weighted by atomic mass is 35.5. The SMILES string of the molecule is CCS(=O)(=O)N[C@@H]1CCN[C@@H]1Cc1csc(-c2cc(F)cc(F)c2)n1.Cl.Cl. The monoisotopic (exact) mass is 459 g/mol. The molecule has 2 heterocycles. The van der Waals surface area contributed by atoms with Crippen molar-refractivity contribution in [1.29, 1.82) is 0 Å². The van der Waals surface area contributed by atoms with Crippen LogP contribution in [0.1, 0.15) is 19.0 Å². The maximum atomic E-state index is 13.4. The van der Waals surface area contributed by atoms with Crippen molar-refractivity contribution in [3.63, 3.8) is 0 Å². The molecule has 11 heteroatoms. The van der Waals surface area contributed by atoms with Gasteiger partial charge in [0.2, 0.25) is 10.0 Å². The number of hydrogen-bond donors (Lipinski definition) is 2. The van der Waals surface area contributed by atoms with Crippen LogP contribution >= 0.6 is 36.2 Å². The maximum absolute atomic E-state index is 13.4. The molecule has 0 aliphatic carbocycles. The molecule has 0 saturated carbocycles. The summed E-state index contributed by atoms with van der Waals surface area (Å²) in [5, 5.41) is 5.66. The minimum Gasteiger partial charge on any atom is -0.312 e. The Morgan fingerprint density at radius 1 is 1.26 bits per heavy atom. The summed E-state index contributed by atoms with van der Waals surface area (Å²) in [6.45, 7) is 2.33. The number of hydrogen-bond acceptors (Lipinski definition) is 5. The Labute approximate surface area is 173 Å². The van der Waals surface area contributed by atoms with Crippen molar-refractivity contribution in [2.24, 2.45) is 0 Å². The largest absolute Gasteiger partial charge is 0.312 e. The van der Waals surface area contributed by atoms with Crippen LogP contribution in [-0.2, 0) is 16.4 Å². The van der Waals surface area contributed by atoms with Gasteiger partial charge in [-0.2, -0.15) is 0 Å². The predicted octanol–water partition coefficient (Wildman–Crippen LogP) is 3.14. The summed E-state index contributed by atoms with van der Waals surface area (Å²) in [6, 6.07) is 3.09. The Hall–Kier alpha value is -0.840. The zero-order valence-electron chi connectivity index (χ0n) is 14.4. The lowest BCUT2D eigenvalue weighted by atomic mass is 10.1. The van der Waals surface area contributed by atoms with E-state index in [1.165, 1.54) is 23.5 Å². The van der Waals surface area contributed by atoms with Crippen molar-refractivity contribution >= 4 is 46.2 Å². The highest BCUT2D eigenvalue weighted by Crippen LogP contribution is 2.26. The van der Waals surface area contributed by atoms with Gasteiger partial charge in [0.1, 0.15) is 16.6 Å². The van der Waals surface area contributed by atoms with Gasteiger partial charge in [-0.05, 0) is 32.0 Å². The van der Waals surface area contributed by atoms with E-state index in [-0.39, 0.29) is 42.7 Å². The Morgan fingerprint density at radius 2 is 1.93 bits per heavy atom. The zero-order chi connectivity index (χ0) is 18.0. The molecule has 152 valence electrons. The van der Waals surface area contributed by atoms with Crippen molar-refractivity contribution in [2.45, 2.75) is 31.8 Å². The second-order valence-corrected chi connectivity index (χ2v) is 8.88. The van der Waals surface area contributed by atoms with E-state index in [4.69, 9.17) is 0 Å². The average molecular weight is 460 g/mol. The molecule has 0 amide bonds. The van der Waals surface area contributed by atoms with E-state index in [1.54, 1.807) is 6.92 Å². The number of nitrogens with one attached hydrogen (secondary N) is 2. The van der Waals surface area contributed by atoms with E-state index < -0.39 is 21.7 Å². The van der Waals surface area contributed by atoms with Crippen LogP contribution in [0, 0.1) is 11.6 Å². The lowest BCUT2D eigenvalue weighted by molar-refractivity contribution is 0.489. The third-order valence-electron chi connectivity index (χ3n) is 4.15. The lowest BCUT2D eigenvalue weighted by Gasteiger charge is -2.19. The molecule has 0 spiro atoms. The quantitative estimate of drug-likeness (QED) is 0.695. The summed E-state index contributed by atoms with van der Waals surface area (Å²) >= 11 is 1.31. The van der Waals surface area contributed by atoms with E-state index in [9.17, 15) is 17.2 Å². The number of aromatic nitrogens is 1. The molecule has 0 unspecified atom stereocenters. The summed E-state index contributed by atoms with van der Waals surface area (Å²) in [4.78, 5) is 4.45. The molecule has 1 aliphatic rings. The second-order valence-electron chi connectivity index (χ2n) is 5.98. The van der Waals surface area contributed by atoms with Crippen LogP contribution < -0.4 is 10.0 Å². The van der Waals surface area contributed by atoms with Crippen LogP contribution in [0.15, 0.2) is 23.6 Å². The van der Waals surface area contributed by atoms with Crippen molar-refractivity contribution in [3.05, 3.63) is 40.9 Å². The van der Waals surface area contributed by atoms with Gasteiger partial charge in [0, 0.05) is 35.5 Å². The van der Waals surface area contributed by atoms with Crippen molar-refractivity contribution < 1.29 is 17.2 Å². The van der Waals surface area contributed by atoms with Gasteiger partial charge in [-0.25, -0.2) is 26.9 Å². The smallest absolute Gasteiger partial charge is 0.211 e. The van der Waals surface area contributed by atoms with Gasteiger partial charge < -0.3 is 5.32 Å². The first-order chi connectivity index (χ1) is 11.9. The van der Waals surface area contributed by atoms with Gasteiger partial charge in [0.05, 0.1) is 11.4 Å². The average Bonchev–Trinajstić information content (AvgIpc) is 3.17. The van der Waals surface area contributed by atoms with Crippen LogP contribution in [0.25, 0.3) is 10.6 Å². The molecule has 1 aromatic carbocycles. The first-order valence-electron chi connectivity index (χ1n) is 8.00. The van der Waals surface area contributed by atoms with Gasteiger partial charge in [-0.3, -0.25) is 0 Å². The number of sulfonamides is 1. The molecule has 2 N–H and O–H groups in total. The molecule has 27 heavy (non-hydrogen) atoms. The molecule has 0 bridgehead atoms. The molecule has 1 fully saturated rings. The Morgan fingerprint density at radius 3 is 2.56 bits per heavy atom. The summed E-state index contributed by atoms with van der Waals surface area (Å²) in [5.74, 6) is -1.24. The molecule has 3 rings (SSSR count). The summed E-state index contributed by atoms with van der Waals surface area (Å²) in [5.41, 5.74) is 1.17. The zero-order valence-corrected chi connectivity index (χ0v) is 17.7. The number of benzene rings is 1. The second kappa shape index (κ2) is 10.1. The predicted molar refractivity (Wildman–Crippen MR) is 108 cm³/mol. The van der Waals surface area contributed by atoms with Crippen LogP contribution in [0.3, 0.4) is 0 Å². The highest BCUT2D eigenvalue weighted by molar-refractivity contribution is 7.89. The van der Waals surface area contributed by atoms with Crippen molar-refractivity contribution in [1.82, 2.24) is 15.0 Å². The van der Waals surface area contributed by atoms with Crippen molar-refractivity contribution in [2.75, 3.05) is 12.3 Å². The first-order valence-corrected chi connectivity index (χ1v) is 10.5. The van der Waals surface area contributed by atoms with Gasteiger partial charge >= 0.3 is 0 Å². The topological polar surface area (TPSA) is 71.1 Å². The Bertz CT molecular complexity index is 845. The molecule has 0 radical (unpaired) electrons. The standard InChI is InChI=1S/C16H19F2N3O2S2.2ClH/c1-2-25(22,23)21-14-3-4-19-15(14)8-13-9-24-16(20-13)10-5-11(17)7-12(18)6-10;;/h5-7,9,14-15,19,21H,2-4,8H2,1H3;2*1H/t14-,15-;;/m1../s1. The normalized spacial score (nSPS) is 19.4. The molecular formula is C16H21Cl2F2N3O2S2. The van der Waals surface area contributed by atoms with Crippen LogP contribution in [0.4, 0.5) is 8.78 Å². The fraction of sp³-hybridized carbons (Fsp3) is 0.438. The molecule has 1 saturated heterocycles. The van der Waals surface area contributed by atoms with Crippen LogP contribution in [-0.4, -0.2) is 37.8 Å². The molecule has 1 aromatic heterocycles. The minimum absolute atomic E-state index is 0. The molecule has 2 atom stereocenters. The first kappa shape index (κ1) is 24.2. The number of rotatable bonds is 6. The van der Waals surface area contributed by atoms with Crippen LogP contribution in [0.2, 0.25) is 0 Å². The Balaban J connectivity index is 0.00000182. The number of halogens is 4. The Kier molecular flexibility index (Phi) is 9.04. The highest BCUT2D eigenvalue weighted by Gasteiger charge is 2.30. The summed E-state index contributed by atoms with van der Waals surface area (Å²) in [7, 11) is -3.27. The minimum atomic E-state index is -3.27. The van der Waals surface area contributed by atoms with E-state index >= 15 is 0 Å². The van der Waals surface area contributed by atoms with Crippen molar-refractivity contribution in [3.8, 4) is 10.6 Å². The molecule has 5 nitrogen and oxygen atoms in total. The van der Waals surface area contributed by atoms with Gasteiger partial charge in [0.15, 0.2) is 0 Å². The maximum Gasteiger partial charge on any atom is 0.211 e. The number of nitrogens with zero attached hydrogens (tertiary/aromatic N) is 1. The third-order valence-corrected chi connectivity index (χ3v) is 6.51. The van der Waals surface area contributed by atoms with E-state index in [2.05, 4.69) is 15.0 Å². The van der Waals surface area contributed by atoms with E-state index in [0.29, 0.717) is 17.0 Å². The van der Waals surface area contributed by atoms with E-state index in [0.717, 1.165) is 24.7 Å². The van der Waals surface area contributed by atoms with Gasteiger partial charge in [-0.1, -0.05) is 0 Å². The van der Waals surface area contributed by atoms with Crippen LogP contribution in [0.5, 0.6) is 0 Å². The fourth-order valence-electron chi connectivity index (χ4n) is 2.87. The fourth-order valence-corrected chi connectivity index (χ4v) is 4.60. The summed E-state index contributed by atoms with van der Waals surface area (Å²) in [6.07, 6.45) is 1.27. The third kappa shape index (κ3) is 6.33. The molecule has 1 aliphatic heterocycles. The molecule has 2 aromatic rings. The lowest BCUT2D eigenvalue weighted by Crippen LogP contribution is -2.45. The molecular weight excluding hydrogens is 439 g/mol. The van der Waals surface area contributed by atoms with Gasteiger partial charge in [0.25, 0.3) is 0 Å². The summed E-state index contributed by atoms with van der Waals surface area (Å²) < 4.78 is 53.0. The van der Waals surface area contributed by atoms with E-state index in [1.807, 2.05) is 5.38 Å². The van der Waals surface area contributed by atoms with Gasteiger partial charge in [-0.15, -0.1) is 36.2 Å².